The first kappa shape index (κ1) is 12.6. The number of rotatable bonds is 2. The number of nitrogens with zero attached hydrogens (tertiary/aromatic N) is 3. The van der Waals surface area contributed by atoms with Crippen LogP contribution in [0, 0.1) is 6.92 Å². The van der Waals surface area contributed by atoms with Gasteiger partial charge in [-0.1, -0.05) is 18.2 Å². The topological polar surface area (TPSA) is 50.2 Å². The summed E-state index contributed by atoms with van der Waals surface area (Å²) in [6.07, 6.45) is 3.57. The average Bonchev–Trinajstić information content (AvgIpc) is 3.03. The predicted molar refractivity (Wildman–Crippen MR) is 78.9 cm³/mol. The van der Waals surface area contributed by atoms with Crippen LogP contribution in [0.1, 0.15) is 33.1 Å². The van der Waals surface area contributed by atoms with Crippen LogP contribution in [0.25, 0.3) is 0 Å². The quantitative estimate of drug-likeness (QED) is 0.908. The maximum Gasteiger partial charge on any atom is 0.257 e. The van der Waals surface area contributed by atoms with Crippen LogP contribution in [0.5, 0.6) is 0 Å². The molecule has 0 saturated carbocycles. The van der Waals surface area contributed by atoms with Gasteiger partial charge in [-0.25, -0.2) is 0 Å². The van der Waals surface area contributed by atoms with Gasteiger partial charge in [0.25, 0.3) is 5.91 Å². The van der Waals surface area contributed by atoms with Crippen molar-refractivity contribution in [3.63, 3.8) is 0 Å². The van der Waals surface area contributed by atoms with Crippen molar-refractivity contribution in [3.8, 4) is 0 Å². The molecule has 1 saturated heterocycles. The van der Waals surface area contributed by atoms with Crippen molar-refractivity contribution in [1.82, 2.24) is 20.0 Å². The number of hydrogen-bond acceptors (Lipinski definition) is 3. The second kappa shape index (κ2) is 4.70. The zero-order valence-corrected chi connectivity index (χ0v) is 12.0. The highest BCUT2D eigenvalue weighted by Gasteiger charge is 2.27. The van der Waals surface area contributed by atoms with E-state index in [4.69, 9.17) is 0 Å². The lowest BCUT2D eigenvalue weighted by atomic mass is 10.1. The third-order valence-corrected chi connectivity index (χ3v) is 4.49. The lowest BCUT2D eigenvalue weighted by molar-refractivity contribution is 0.0751. The Morgan fingerprint density at radius 2 is 2.19 bits per heavy atom. The number of benzene rings is 1. The van der Waals surface area contributed by atoms with Gasteiger partial charge in [0.05, 0.1) is 17.8 Å². The molecular weight excluding hydrogens is 264 g/mol. The zero-order chi connectivity index (χ0) is 14.4. The smallest absolute Gasteiger partial charge is 0.257 e. The predicted octanol–water partition coefficient (Wildman–Crippen LogP) is 1.49. The van der Waals surface area contributed by atoms with Gasteiger partial charge in [-0.3, -0.25) is 9.48 Å². The molecule has 0 bridgehead atoms. The molecular formula is C16H18N4O. The first-order valence-corrected chi connectivity index (χ1v) is 7.34. The van der Waals surface area contributed by atoms with Crippen LogP contribution < -0.4 is 5.32 Å². The molecule has 2 aromatic rings. The molecule has 1 aromatic heterocycles. The Hall–Kier alpha value is -2.14. The molecule has 108 valence electrons. The van der Waals surface area contributed by atoms with Crippen LogP contribution >= 0.6 is 0 Å². The van der Waals surface area contributed by atoms with E-state index in [1.54, 1.807) is 6.20 Å². The number of amides is 1. The van der Waals surface area contributed by atoms with E-state index in [1.807, 2.05) is 15.8 Å². The molecule has 0 spiro atoms. The summed E-state index contributed by atoms with van der Waals surface area (Å²) in [4.78, 5) is 14.5. The first-order chi connectivity index (χ1) is 10.2. The fourth-order valence-electron chi connectivity index (χ4n) is 3.02. The summed E-state index contributed by atoms with van der Waals surface area (Å²) in [5.41, 5.74) is 4.51. The van der Waals surface area contributed by atoms with Crippen molar-refractivity contribution in [1.29, 1.82) is 0 Å². The van der Waals surface area contributed by atoms with E-state index in [1.165, 1.54) is 16.7 Å². The van der Waals surface area contributed by atoms with Crippen molar-refractivity contribution in [2.75, 3.05) is 13.1 Å². The number of fused-ring (bicyclic) bond motifs is 1. The molecule has 3 heterocycles. The second-order valence-corrected chi connectivity index (χ2v) is 5.89. The van der Waals surface area contributed by atoms with Crippen molar-refractivity contribution < 1.29 is 4.79 Å². The molecule has 5 nitrogen and oxygen atoms in total. The van der Waals surface area contributed by atoms with Crippen LogP contribution in [-0.2, 0) is 13.1 Å². The fraction of sp³-hybridized carbons (Fsp3) is 0.375. The first-order valence-electron chi connectivity index (χ1n) is 7.34. The lowest BCUT2D eigenvalue weighted by Crippen LogP contribution is -2.43. The van der Waals surface area contributed by atoms with Gasteiger partial charge in [0.1, 0.15) is 0 Å². The van der Waals surface area contributed by atoms with Crippen LogP contribution in [0.2, 0.25) is 0 Å². The number of nitrogens with one attached hydrogen (secondary N) is 1. The summed E-state index contributed by atoms with van der Waals surface area (Å²) in [7, 11) is 0. The lowest BCUT2D eigenvalue weighted by Gasteiger charge is -2.27. The van der Waals surface area contributed by atoms with E-state index in [0.717, 1.165) is 13.1 Å². The van der Waals surface area contributed by atoms with Gasteiger partial charge in [0, 0.05) is 32.4 Å². The van der Waals surface area contributed by atoms with E-state index in [-0.39, 0.29) is 5.91 Å². The molecule has 0 aliphatic carbocycles. The molecule has 1 amide bonds. The number of aryl methyl sites for hydroxylation is 1. The van der Waals surface area contributed by atoms with E-state index in [2.05, 4.69) is 35.5 Å². The molecule has 0 atom stereocenters. The Morgan fingerprint density at radius 3 is 2.90 bits per heavy atom. The molecule has 2 aliphatic heterocycles. The molecule has 0 unspecified atom stereocenters. The van der Waals surface area contributed by atoms with Crippen LogP contribution in [0.15, 0.2) is 30.6 Å². The molecule has 4 rings (SSSR count). The Kier molecular flexibility index (Phi) is 2.82. The Labute approximate surface area is 123 Å². The molecule has 21 heavy (non-hydrogen) atoms. The van der Waals surface area contributed by atoms with Gasteiger partial charge in [0.15, 0.2) is 0 Å². The van der Waals surface area contributed by atoms with Gasteiger partial charge in [-0.05, 0) is 23.6 Å². The zero-order valence-electron chi connectivity index (χ0n) is 12.0. The van der Waals surface area contributed by atoms with E-state index >= 15 is 0 Å². The number of aromatic nitrogens is 2. The minimum Gasteiger partial charge on any atom is -0.330 e. The van der Waals surface area contributed by atoms with E-state index in [0.29, 0.717) is 24.7 Å². The molecule has 1 aromatic carbocycles. The number of hydrogen-bond donors (Lipinski definition) is 1. The van der Waals surface area contributed by atoms with E-state index in [9.17, 15) is 4.79 Å². The summed E-state index contributed by atoms with van der Waals surface area (Å²) in [6.45, 7) is 5.38. The monoisotopic (exact) mass is 282 g/mol. The maximum atomic E-state index is 12.6. The third kappa shape index (κ3) is 2.05. The van der Waals surface area contributed by atoms with Crippen molar-refractivity contribution in [3.05, 3.63) is 52.8 Å². The number of carbonyl (C=O) groups is 1. The van der Waals surface area contributed by atoms with Gasteiger partial charge >= 0.3 is 0 Å². The minimum atomic E-state index is 0.0733. The van der Waals surface area contributed by atoms with Crippen molar-refractivity contribution in [2.45, 2.75) is 26.1 Å². The molecule has 0 radical (unpaired) electrons. The normalized spacial score (nSPS) is 17.7. The summed E-state index contributed by atoms with van der Waals surface area (Å²) < 4.78 is 1.90. The summed E-state index contributed by atoms with van der Waals surface area (Å²) in [5.74, 6) is 0.0733. The summed E-state index contributed by atoms with van der Waals surface area (Å²) >= 11 is 0. The highest BCUT2D eigenvalue weighted by atomic mass is 16.2. The Bertz CT molecular complexity index is 702. The van der Waals surface area contributed by atoms with Crippen molar-refractivity contribution in [2.24, 2.45) is 0 Å². The Morgan fingerprint density at radius 1 is 1.33 bits per heavy atom. The summed E-state index contributed by atoms with van der Waals surface area (Å²) in [6, 6.07) is 6.67. The van der Waals surface area contributed by atoms with Gasteiger partial charge in [0.2, 0.25) is 0 Å². The summed E-state index contributed by atoms with van der Waals surface area (Å²) in [5, 5.41) is 7.54. The molecule has 1 fully saturated rings. The number of carbonyl (C=O) groups excluding carboxylic acids is 1. The van der Waals surface area contributed by atoms with E-state index < -0.39 is 0 Å². The molecule has 2 aliphatic rings. The fourth-order valence-corrected chi connectivity index (χ4v) is 3.02. The second-order valence-electron chi connectivity index (χ2n) is 5.89. The standard InChI is InChI=1S/C16H18N4O/c1-11-3-2-4-12-8-19(10-15(11)12)16(21)13-5-18-20(9-13)14-6-17-7-14/h2-5,9,14,17H,6-8,10H2,1H3. The molecule has 1 N–H and O–H groups in total. The largest absolute Gasteiger partial charge is 0.330 e. The molecule has 5 heteroatoms. The van der Waals surface area contributed by atoms with Gasteiger partial charge in [-0.2, -0.15) is 5.10 Å². The maximum absolute atomic E-state index is 12.6. The SMILES string of the molecule is Cc1cccc2c1CN(C(=O)c1cnn(C3CNC3)c1)C2. The van der Waals surface area contributed by atoms with Crippen molar-refractivity contribution >= 4 is 5.91 Å². The Balaban J connectivity index is 1.54. The van der Waals surface area contributed by atoms with Gasteiger partial charge in [-0.15, -0.1) is 0 Å². The van der Waals surface area contributed by atoms with Crippen LogP contribution in [0.3, 0.4) is 0 Å². The highest BCUT2D eigenvalue weighted by molar-refractivity contribution is 5.94. The van der Waals surface area contributed by atoms with Gasteiger partial charge < -0.3 is 10.2 Å². The van der Waals surface area contributed by atoms with Crippen LogP contribution in [-0.4, -0.2) is 33.7 Å². The highest BCUT2D eigenvalue weighted by Crippen LogP contribution is 2.27. The third-order valence-electron chi connectivity index (χ3n) is 4.49. The van der Waals surface area contributed by atoms with Crippen LogP contribution in [0.4, 0.5) is 0 Å². The average molecular weight is 282 g/mol. The minimum absolute atomic E-state index is 0.0733.